The Labute approximate surface area is 204 Å². The molecule has 0 atom stereocenters. The monoisotopic (exact) mass is 475 g/mol. The largest absolute Gasteiger partial charge is 0.486 e. The second-order valence-corrected chi connectivity index (χ2v) is 9.49. The SMILES string of the molecule is CC(C)(C)OC(=O)N1c2cc(-c3ccnc(N)c3)ccc2OCc2c(N3CCOCC3)ccnc21. The quantitative estimate of drug-likeness (QED) is 0.577. The lowest BCUT2D eigenvalue weighted by Crippen LogP contribution is -2.38. The van der Waals surface area contributed by atoms with Crippen molar-refractivity contribution in [2.45, 2.75) is 33.0 Å². The first kappa shape index (κ1) is 22.9. The normalized spacial score (nSPS) is 15.5. The van der Waals surface area contributed by atoms with Crippen LogP contribution in [0.1, 0.15) is 26.3 Å². The van der Waals surface area contributed by atoms with Crippen LogP contribution in [0.4, 0.5) is 27.8 Å². The third-order valence-corrected chi connectivity index (χ3v) is 5.83. The van der Waals surface area contributed by atoms with Crippen LogP contribution in [-0.4, -0.2) is 48.0 Å². The van der Waals surface area contributed by atoms with Gasteiger partial charge in [-0.05, 0) is 62.2 Å². The number of rotatable bonds is 2. The number of aromatic nitrogens is 2. The van der Waals surface area contributed by atoms with Crippen LogP contribution in [0.25, 0.3) is 11.1 Å². The number of hydrogen-bond donors (Lipinski definition) is 1. The molecule has 9 nitrogen and oxygen atoms in total. The van der Waals surface area contributed by atoms with E-state index in [0.29, 0.717) is 36.3 Å². The van der Waals surface area contributed by atoms with E-state index >= 15 is 0 Å². The van der Waals surface area contributed by atoms with Gasteiger partial charge in [-0.3, -0.25) is 0 Å². The van der Waals surface area contributed by atoms with Gasteiger partial charge in [0.05, 0.1) is 24.5 Å². The van der Waals surface area contributed by atoms with E-state index in [2.05, 4.69) is 14.9 Å². The van der Waals surface area contributed by atoms with E-state index in [-0.39, 0.29) is 6.61 Å². The summed E-state index contributed by atoms with van der Waals surface area (Å²) < 4.78 is 17.6. The number of pyridine rings is 2. The molecule has 0 unspecified atom stereocenters. The highest BCUT2D eigenvalue weighted by molar-refractivity contribution is 5.99. The molecule has 0 saturated carbocycles. The maximum atomic E-state index is 13.6. The first-order chi connectivity index (χ1) is 16.8. The molecule has 35 heavy (non-hydrogen) atoms. The lowest BCUT2D eigenvalue weighted by molar-refractivity contribution is 0.0598. The van der Waals surface area contributed by atoms with Gasteiger partial charge in [0, 0.05) is 31.2 Å². The number of morpholine rings is 1. The predicted octanol–water partition coefficient (Wildman–Crippen LogP) is 4.53. The fraction of sp³-hybridized carbons (Fsp3) is 0.346. The van der Waals surface area contributed by atoms with Gasteiger partial charge in [-0.2, -0.15) is 0 Å². The molecule has 2 aliphatic rings. The van der Waals surface area contributed by atoms with Crippen molar-refractivity contribution in [1.29, 1.82) is 0 Å². The lowest BCUT2D eigenvalue weighted by atomic mass is 10.1. The summed E-state index contributed by atoms with van der Waals surface area (Å²) >= 11 is 0. The summed E-state index contributed by atoms with van der Waals surface area (Å²) in [6.07, 6.45) is 2.85. The number of benzene rings is 1. The van der Waals surface area contributed by atoms with Gasteiger partial charge in [-0.1, -0.05) is 6.07 Å². The average molecular weight is 476 g/mol. The summed E-state index contributed by atoms with van der Waals surface area (Å²) in [6.45, 7) is 8.59. The zero-order valence-corrected chi connectivity index (χ0v) is 20.2. The van der Waals surface area contributed by atoms with Gasteiger partial charge in [-0.15, -0.1) is 0 Å². The molecule has 182 valence electrons. The van der Waals surface area contributed by atoms with Crippen molar-refractivity contribution < 1.29 is 19.0 Å². The minimum atomic E-state index is -0.691. The molecule has 1 amide bonds. The van der Waals surface area contributed by atoms with Crippen LogP contribution in [0.5, 0.6) is 5.75 Å². The van der Waals surface area contributed by atoms with Crippen LogP contribution in [0.2, 0.25) is 0 Å². The summed E-state index contributed by atoms with van der Waals surface area (Å²) in [6, 6.07) is 11.3. The Balaban J connectivity index is 1.66. The molecule has 0 aliphatic carbocycles. The fourth-order valence-corrected chi connectivity index (χ4v) is 4.28. The van der Waals surface area contributed by atoms with Gasteiger partial charge in [0.25, 0.3) is 0 Å². The van der Waals surface area contributed by atoms with E-state index in [1.165, 1.54) is 4.90 Å². The molecule has 0 radical (unpaired) electrons. The zero-order chi connectivity index (χ0) is 24.6. The third kappa shape index (κ3) is 4.72. The number of amides is 1. The summed E-state index contributed by atoms with van der Waals surface area (Å²) in [5.74, 6) is 1.47. The van der Waals surface area contributed by atoms with E-state index in [1.807, 2.05) is 51.1 Å². The topological polar surface area (TPSA) is 103 Å². The smallest absolute Gasteiger partial charge is 0.420 e. The Morgan fingerprint density at radius 3 is 2.49 bits per heavy atom. The first-order valence-electron chi connectivity index (χ1n) is 11.6. The van der Waals surface area contributed by atoms with Gasteiger partial charge in [-0.25, -0.2) is 19.7 Å². The molecule has 0 spiro atoms. The Morgan fingerprint density at radius 2 is 1.74 bits per heavy atom. The van der Waals surface area contributed by atoms with Crippen molar-refractivity contribution in [3.8, 4) is 16.9 Å². The van der Waals surface area contributed by atoms with E-state index in [0.717, 1.165) is 35.5 Å². The maximum absolute atomic E-state index is 13.6. The third-order valence-electron chi connectivity index (χ3n) is 5.83. The summed E-state index contributed by atoms with van der Waals surface area (Å²) in [4.78, 5) is 26.1. The molecule has 1 saturated heterocycles. The molecule has 1 fully saturated rings. The van der Waals surface area contributed by atoms with E-state index in [9.17, 15) is 4.79 Å². The standard InChI is InChI=1S/C26H29N5O4/c1-26(2,3)35-25(32)31-21-14-17(18-6-8-28-23(27)15-18)4-5-22(21)34-16-19-20(7-9-29-24(19)31)30-10-12-33-13-11-30/h4-9,14-15H,10-13,16H2,1-3H3,(H2,27,28). The minimum absolute atomic E-state index is 0.268. The van der Waals surface area contributed by atoms with Gasteiger partial charge in [0.1, 0.15) is 23.8 Å². The number of carbonyl (C=O) groups is 1. The molecule has 0 bridgehead atoms. The summed E-state index contributed by atoms with van der Waals surface area (Å²) in [5.41, 5.74) is 9.31. The molecule has 2 aromatic heterocycles. The number of carbonyl (C=O) groups excluding carboxylic acids is 1. The number of ether oxygens (including phenoxy) is 3. The van der Waals surface area contributed by atoms with E-state index in [1.54, 1.807) is 18.5 Å². The molecular formula is C26H29N5O4. The molecular weight excluding hydrogens is 446 g/mol. The molecule has 5 rings (SSSR count). The highest BCUT2D eigenvalue weighted by Crippen LogP contribution is 2.44. The van der Waals surface area contributed by atoms with Crippen LogP contribution >= 0.6 is 0 Å². The molecule has 1 aromatic carbocycles. The van der Waals surface area contributed by atoms with Gasteiger partial charge >= 0.3 is 6.09 Å². The lowest BCUT2D eigenvalue weighted by Gasteiger charge is -2.32. The van der Waals surface area contributed by atoms with Gasteiger partial charge in [0.2, 0.25) is 0 Å². The second kappa shape index (κ2) is 9.07. The maximum Gasteiger partial charge on any atom is 0.420 e. The highest BCUT2D eigenvalue weighted by Gasteiger charge is 2.34. The van der Waals surface area contributed by atoms with Crippen molar-refractivity contribution in [3.05, 3.63) is 54.4 Å². The van der Waals surface area contributed by atoms with E-state index < -0.39 is 11.7 Å². The van der Waals surface area contributed by atoms with Crippen molar-refractivity contribution >= 4 is 29.1 Å². The van der Waals surface area contributed by atoms with Gasteiger partial charge in [0.15, 0.2) is 5.82 Å². The van der Waals surface area contributed by atoms with Crippen molar-refractivity contribution in [2.24, 2.45) is 0 Å². The van der Waals surface area contributed by atoms with Crippen LogP contribution in [-0.2, 0) is 16.1 Å². The number of nitrogen functional groups attached to an aromatic ring is 1. The van der Waals surface area contributed by atoms with Crippen LogP contribution < -0.4 is 20.3 Å². The Hall–Kier alpha value is -3.85. The van der Waals surface area contributed by atoms with Gasteiger partial charge < -0.3 is 24.8 Å². The van der Waals surface area contributed by atoms with Crippen molar-refractivity contribution in [2.75, 3.05) is 41.8 Å². The Kier molecular flexibility index (Phi) is 5.94. The molecule has 9 heteroatoms. The molecule has 2 aliphatic heterocycles. The number of hydrogen-bond acceptors (Lipinski definition) is 8. The predicted molar refractivity (Wildman–Crippen MR) is 134 cm³/mol. The van der Waals surface area contributed by atoms with Crippen LogP contribution in [0.3, 0.4) is 0 Å². The number of nitrogens with two attached hydrogens (primary N) is 1. The average Bonchev–Trinajstić information content (AvgIpc) is 3.00. The van der Waals surface area contributed by atoms with Crippen LogP contribution in [0.15, 0.2) is 48.8 Å². The number of anilines is 4. The van der Waals surface area contributed by atoms with Crippen LogP contribution in [0, 0.1) is 0 Å². The zero-order valence-electron chi connectivity index (χ0n) is 20.2. The minimum Gasteiger partial charge on any atom is -0.486 e. The number of nitrogens with zero attached hydrogens (tertiary/aromatic N) is 4. The Bertz CT molecular complexity index is 1250. The first-order valence-corrected chi connectivity index (χ1v) is 11.6. The molecule has 2 N–H and O–H groups in total. The van der Waals surface area contributed by atoms with E-state index in [4.69, 9.17) is 19.9 Å². The van der Waals surface area contributed by atoms with Crippen molar-refractivity contribution in [3.63, 3.8) is 0 Å². The summed E-state index contributed by atoms with van der Waals surface area (Å²) in [7, 11) is 0. The molecule has 3 aromatic rings. The molecule has 4 heterocycles. The Morgan fingerprint density at radius 1 is 1.00 bits per heavy atom. The number of fused-ring (bicyclic) bond motifs is 2. The summed E-state index contributed by atoms with van der Waals surface area (Å²) in [5, 5.41) is 0. The van der Waals surface area contributed by atoms with Crippen molar-refractivity contribution in [1.82, 2.24) is 9.97 Å². The highest BCUT2D eigenvalue weighted by atomic mass is 16.6. The fourth-order valence-electron chi connectivity index (χ4n) is 4.28. The second-order valence-electron chi connectivity index (χ2n) is 9.49.